The fourth-order valence-electron chi connectivity index (χ4n) is 3.86. The van der Waals surface area contributed by atoms with Crippen LogP contribution in [0.5, 0.6) is 0 Å². The van der Waals surface area contributed by atoms with Gasteiger partial charge < -0.3 is 20.1 Å². The van der Waals surface area contributed by atoms with Gasteiger partial charge in [0.15, 0.2) is 0 Å². The fourth-order valence-corrected chi connectivity index (χ4v) is 4.11. The second kappa shape index (κ2) is 10.2. The van der Waals surface area contributed by atoms with Crippen LogP contribution < -0.4 is 5.32 Å². The average molecular weight is 451 g/mol. The first-order valence-corrected chi connectivity index (χ1v) is 10.6. The smallest absolute Gasteiger partial charge is 0.404 e. The van der Waals surface area contributed by atoms with Crippen molar-refractivity contribution in [3.8, 4) is 0 Å². The van der Waals surface area contributed by atoms with Crippen LogP contribution in [-0.2, 0) is 9.53 Å². The SMILES string of the molecule is CCC[C@H](CNC(=O)O)N1C(=O)CO[C@@H](c2ccc(Cl)cc2)[C@H]1c1ccc(Cl)cc1. The Hall–Kier alpha value is -2.28. The molecule has 0 saturated carbocycles. The molecular weight excluding hydrogens is 427 g/mol. The highest BCUT2D eigenvalue weighted by molar-refractivity contribution is 6.30. The molecule has 2 N–H and O–H groups in total. The van der Waals surface area contributed by atoms with E-state index in [4.69, 9.17) is 33.0 Å². The highest BCUT2D eigenvalue weighted by Crippen LogP contribution is 2.42. The Labute approximate surface area is 185 Å². The summed E-state index contributed by atoms with van der Waals surface area (Å²) in [7, 11) is 0. The lowest BCUT2D eigenvalue weighted by atomic mass is 9.90. The lowest BCUT2D eigenvalue weighted by Gasteiger charge is -2.45. The average Bonchev–Trinajstić information content (AvgIpc) is 2.72. The van der Waals surface area contributed by atoms with Gasteiger partial charge in [-0.25, -0.2) is 4.79 Å². The normalized spacial score (nSPS) is 20.1. The van der Waals surface area contributed by atoms with Crippen LogP contribution in [0.2, 0.25) is 10.0 Å². The van der Waals surface area contributed by atoms with Gasteiger partial charge in [0, 0.05) is 22.6 Å². The summed E-state index contributed by atoms with van der Waals surface area (Å²) in [6, 6.07) is 13.9. The summed E-state index contributed by atoms with van der Waals surface area (Å²) in [6.45, 7) is 2.07. The molecule has 1 fully saturated rings. The van der Waals surface area contributed by atoms with Crippen molar-refractivity contribution in [2.75, 3.05) is 13.2 Å². The number of carbonyl (C=O) groups is 2. The van der Waals surface area contributed by atoms with E-state index in [0.29, 0.717) is 16.5 Å². The summed E-state index contributed by atoms with van der Waals surface area (Å²) in [5.74, 6) is -0.175. The van der Waals surface area contributed by atoms with Gasteiger partial charge in [0.1, 0.15) is 12.7 Å². The Morgan fingerprint density at radius 2 is 1.70 bits per heavy atom. The largest absolute Gasteiger partial charge is 0.465 e. The molecule has 0 aromatic heterocycles. The molecule has 8 heteroatoms. The van der Waals surface area contributed by atoms with E-state index in [-0.39, 0.29) is 25.1 Å². The maximum atomic E-state index is 13.0. The molecule has 0 unspecified atom stereocenters. The van der Waals surface area contributed by atoms with E-state index in [1.54, 1.807) is 29.2 Å². The highest BCUT2D eigenvalue weighted by atomic mass is 35.5. The number of hydrogen-bond acceptors (Lipinski definition) is 3. The van der Waals surface area contributed by atoms with Gasteiger partial charge in [0.05, 0.1) is 6.04 Å². The lowest BCUT2D eigenvalue weighted by Crippen LogP contribution is -2.54. The molecule has 160 valence electrons. The molecule has 1 aliphatic rings. The van der Waals surface area contributed by atoms with Crippen molar-refractivity contribution in [3.63, 3.8) is 0 Å². The first kappa shape index (κ1) is 22.4. The monoisotopic (exact) mass is 450 g/mol. The predicted molar refractivity (Wildman–Crippen MR) is 116 cm³/mol. The van der Waals surface area contributed by atoms with Crippen molar-refractivity contribution in [2.45, 2.75) is 38.0 Å². The predicted octanol–water partition coefficient (Wildman–Crippen LogP) is 5.07. The first-order chi connectivity index (χ1) is 14.4. The molecule has 2 aromatic rings. The first-order valence-electron chi connectivity index (χ1n) is 9.81. The van der Waals surface area contributed by atoms with Crippen molar-refractivity contribution in [1.82, 2.24) is 10.2 Å². The summed E-state index contributed by atoms with van der Waals surface area (Å²) >= 11 is 12.1. The lowest BCUT2D eigenvalue weighted by molar-refractivity contribution is -0.163. The number of hydrogen-bond donors (Lipinski definition) is 2. The van der Waals surface area contributed by atoms with Crippen LogP contribution in [-0.4, -0.2) is 41.2 Å². The topological polar surface area (TPSA) is 78.9 Å². The van der Waals surface area contributed by atoms with E-state index < -0.39 is 18.2 Å². The van der Waals surface area contributed by atoms with Gasteiger partial charge in [-0.1, -0.05) is 60.8 Å². The van der Waals surface area contributed by atoms with Crippen LogP contribution >= 0.6 is 23.2 Å². The third-order valence-corrected chi connectivity index (χ3v) is 5.68. The molecule has 0 bridgehead atoms. The molecule has 0 spiro atoms. The van der Waals surface area contributed by atoms with Gasteiger partial charge in [-0.3, -0.25) is 4.79 Å². The van der Waals surface area contributed by atoms with E-state index in [1.165, 1.54) is 0 Å². The summed E-state index contributed by atoms with van der Waals surface area (Å²) in [5.41, 5.74) is 1.75. The van der Waals surface area contributed by atoms with Crippen molar-refractivity contribution in [2.24, 2.45) is 0 Å². The van der Waals surface area contributed by atoms with Crippen molar-refractivity contribution in [3.05, 3.63) is 69.7 Å². The van der Waals surface area contributed by atoms with Gasteiger partial charge in [-0.15, -0.1) is 0 Å². The Morgan fingerprint density at radius 3 is 2.23 bits per heavy atom. The Kier molecular flexibility index (Phi) is 7.58. The highest BCUT2D eigenvalue weighted by Gasteiger charge is 2.41. The molecule has 30 heavy (non-hydrogen) atoms. The zero-order chi connectivity index (χ0) is 21.7. The van der Waals surface area contributed by atoms with E-state index in [1.807, 2.05) is 31.2 Å². The minimum absolute atomic E-state index is 0.0787. The number of rotatable bonds is 7. The van der Waals surface area contributed by atoms with Crippen LogP contribution in [0.1, 0.15) is 43.0 Å². The van der Waals surface area contributed by atoms with E-state index in [9.17, 15) is 9.59 Å². The summed E-state index contributed by atoms with van der Waals surface area (Å²) in [5, 5.41) is 12.7. The zero-order valence-corrected chi connectivity index (χ0v) is 18.1. The molecule has 0 radical (unpaired) electrons. The molecule has 1 aliphatic heterocycles. The number of benzene rings is 2. The number of nitrogens with zero attached hydrogens (tertiary/aromatic N) is 1. The van der Waals surface area contributed by atoms with Crippen LogP contribution in [0.4, 0.5) is 4.79 Å². The van der Waals surface area contributed by atoms with Crippen LogP contribution in [0.3, 0.4) is 0 Å². The van der Waals surface area contributed by atoms with E-state index >= 15 is 0 Å². The third kappa shape index (κ3) is 5.25. The van der Waals surface area contributed by atoms with Gasteiger partial charge in [0.25, 0.3) is 0 Å². The standard InChI is InChI=1S/C22H24Cl2N2O4/c1-2-3-18(12-25-22(28)29)26-19(27)13-30-21(15-6-10-17(24)11-7-15)20(26)14-4-8-16(23)9-5-14/h4-11,18,20-21,25H,2-3,12-13H2,1H3,(H,28,29)/t18-,20-,21+/m1/s1. The number of nitrogens with one attached hydrogen (secondary N) is 1. The summed E-state index contributed by atoms with van der Waals surface area (Å²) < 4.78 is 5.99. The van der Waals surface area contributed by atoms with Gasteiger partial charge in [-0.2, -0.15) is 0 Å². The van der Waals surface area contributed by atoms with E-state index in [0.717, 1.165) is 17.5 Å². The van der Waals surface area contributed by atoms with Gasteiger partial charge in [-0.05, 0) is 41.8 Å². The number of carboxylic acid groups (broad SMARTS) is 1. The summed E-state index contributed by atoms with van der Waals surface area (Å²) in [6.07, 6.45) is -0.0849. The molecule has 3 atom stereocenters. The molecule has 6 nitrogen and oxygen atoms in total. The Bertz CT molecular complexity index is 874. The zero-order valence-electron chi connectivity index (χ0n) is 16.6. The minimum atomic E-state index is -1.12. The maximum Gasteiger partial charge on any atom is 0.404 e. The molecule has 2 aromatic carbocycles. The molecule has 2 amide bonds. The van der Waals surface area contributed by atoms with Crippen molar-refractivity contribution in [1.29, 1.82) is 0 Å². The second-order valence-electron chi connectivity index (χ2n) is 7.21. The summed E-state index contributed by atoms with van der Waals surface area (Å²) in [4.78, 5) is 25.9. The van der Waals surface area contributed by atoms with Crippen molar-refractivity contribution < 1.29 is 19.4 Å². The van der Waals surface area contributed by atoms with Gasteiger partial charge >= 0.3 is 6.09 Å². The Balaban J connectivity index is 2.05. The van der Waals surface area contributed by atoms with Crippen molar-refractivity contribution >= 4 is 35.2 Å². The molecular formula is C22H24Cl2N2O4. The molecule has 3 rings (SSSR count). The number of halogens is 2. The minimum Gasteiger partial charge on any atom is -0.465 e. The second-order valence-corrected chi connectivity index (χ2v) is 8.08. The molecule has 1 saturated heterocycles. The number of carbonyl (C=O) groups excluding carboxylic acids is 1. The number of amides is 2. The maximum absolute atomic E-state index is 13.0. The van der Waals surface area contributed by atoms with Crippen LogP contribution in [0.15, 0.2) is 48.5 Å². The van der Waals surface area contributed by atoms with Crippen LogP contribution in [0, 0.1) is 0 Å². The Morgan fingerprint density at radius 1 is 1.13 bits per heavy atom. The third-order valence-electron chi connectivity index (χ3n) is 5.18. The molecule has 0 aliphatic carbocycles. The fraction of sp³-hybridized carbons (Fsp3) is 0.364. The van der Waals surface area contributed by atoms with Gasteiger partial charge in [0.2, 0.25) is 5.91 Å². The number of morpholine rings is 1. The van der Waals surface area contributed by atoms with E-state index in [2.05, 4.69) is 5.32 Å². The number of ether oxygens (including phenoxy) is 1. The molecule has 1 heterocycles. The van der Waals surface area contributed by atoms with Crippen LogP contribution in [0.25, 0.3) is 0 Å². The quantitative estimate of drug-likeness (QED) is 0.616.